The summed E-state index contributed by atoms with van der Waals surface area (Å²) in [5.74, 6) is 0. The van der Waals surface area contributed by atoms with Crippen molar-refractivity contribution in [2.45, 2.75) is 6.42 Å². The van der Waals surface area contributed by atoms with Crippen molar-refractivity contribution in [3.8, 4) is 0 Å². The van der Waals surface area contributed by atoms with Crippen molar-refractivity contribution >= 4 is 23.0 Å². The van der Waals surface area contributed by atoms with Crippen molar-refractivity contribution in [1.82, 2.24) is 0 Å². The number of hydrogen-bond acceptors (Lipinski definition) is 4. The molecule has 0 spiro atoms. The zero-order chi connectivity index (χ0) is 12.8. The average molecular weight is 259 g/mol. The van der Waals surface area contributed by atoms with E-state index in [1.165, 1.54) is 12.1 Å². The molecule has 0 saturated heterocycles. The second-order valence-electron chi connectivity index (χ2n) is 3.66. The topological polar surface area (TPSA) is 55.6 Å². The van der Waals surface area contributed by atoms with Gasteiger partial charge in [0, 0.05) is 39.4 Å². The standard InChI is InChI=1S/C11H15ClN2O3/c1-13(6-3-7-17-2)11-5-4-9(14(15)16)8-10(11)12/h4-5,8H,3,6-7H2,1-2H3. The van der Waals surface area contributed by atoms with Crippen LogP contribution in [0.3, 0.4) is 0 Å². The smallest absolute Gasteiger partial charge is 0.271 e. The van der Waals surface area contributed by atoms with Gasteiger partial charge in [0.2, 0.25) is 0 Å². The third-order valence-corrected chi connectivity index (χ3v) is 2.70. The minimum atomic E-state index is -0.458. The highest BCUT2D eigenvalue weighted by atomic mass is 35.5. The van der Waals surface area contributed by atoms with Gasteiger partial charge in [0.05, 0.1) is 15.6 Å². The van der Waals surface area contributed by atoms with Crippen LogP contribution in [0, 0.1) is 10.1 Å². The van der Waals surface area contributed by atoms with Gasteiger partial charge < -0.3 is 9.64 Å². The minimum Gasteiger partial charge on any atom is -0.385 e. The second-order valence-corrected chi connectivity index (χ2v) is 4.07. The number of nitro groups is 1. The molecule has 1 aromatic rings. The first-order chi connectivity index (χ1) is 8.06. The van der Waals surface area contributed by atoms with Crippen molar-refractivity contribution in [3.05, 3.63) is 33.3 Å². The second kappa shape index (κ2) is 6.42. The highest BCUT2D eigenvalue weighted by molar-refractivity contribution is 6.33. The number of methoxy groups -OCH3 is 1. The van der Waals surface area contributed by atoms with E-state index in [1.807, 2.05) is 11.9 Å². The van der Waals surface area contributed by atoms with Gasteiger partial charge in [-0.2, -0.15) is 0 Å². The highest BCUT2D eigenvalue weighted by Crippen LogP contribution is 2.29. The maximum absolute atomic E-state index is 10.6. The molecule has 0 atom stereocenters. The first-order valence-electron chi connectivity index (χ1n) is 5.20. The fourth-order valence-corrected chi connectivity index (χ4v) is 1.80. The van der Waals surface area contributed by atoms with Crippen molar-refractivity contribution in [2.24, 2.45) is 0 Å². The molecule has 0 N–H and O–H groups in total. The molecule has 6 heteroatoms. The molecule has 0 unspecified atom stereocenters. The Bertz CT molecular complexity index is 398. The molecule has 1 aromatic carbocycles. The molecule has 0 aromatic heterocycles. The van der Waals surface area contributed by atoms with Crippen LogP contribution in [0.5, 0.6) is 0 Å². The quantitative estimate of drug-likeness (QED) is 0.447. The van der Waals surface area contributed by atoms with Crippen LogP contribution in [-0.4, -0.2) is 32.2 Å². The third kappa shape index (κ3) is 3.87. The fourth-order valence-electron chi connectivity index (χ4n) is 1.49. The molecule has 0 aliphatic rings. The van der Waals surface area contributed by atoms with Crippen LogP contribution in [0.4, 0.5) is 11.4 Å². The predicted molar refractivity (Wildman–Crippen MR) is 67.9 cm³/mol. The van der Waals surface area contributed by atoms with Crippen LogP contribution in [0.25, 0.3) is 0 Å². The summed E-state index contributed by atoms with van der Waals surface area (Å²) in [7, 11) is 3.54. The Morgan fingerprint density at radius 3 is 2.76 bits per heavy atom. The molecule has 0 aliphatic heterocycles. The average Bonchev–Trinajstić information content (AvgIpc) is 2.28. The summed E-state index contributed by atoms with van der Waals surface area (Å²) in [6.07, 6.45) is 0.875. The van der Waals surface area contributed by atoms with E-state index in [9.17, 15) is 10.1 Å². The van der Waals surface area contributed by atoms with Crippen LogP contribution in [0.15, 0.2) is 18.2 Å². The highest BCUT2D eigenvalue weighted by Gasteiger charge is 2.11. The molecular weight excluding hydrogens is 244 g/mol. The van der Waals surface area contributed by atoms with Gasteiger partial charge in [-0.25, -0.2) is 0 Å². The summed E-state index contributed by atoms with van der Waals surface area (Å²) in [6, 6.07) is 4.48. The number of ether oxygens (including phenoxy) is 1. The number of rotatable bonds is 6. The van der Waals surface area contributed by atoms with Crippen LogP contribution < -0.4 is 4.90 Å². The number of anilines is 1. The molecule has 0 saturated carbocycles. The Morgan fingerprint density at radius 1 is 1.53 bits per heavy atom. The van der Waals surface area contributed by atoms with Crippen molar-refractivity contribution < 1.29 is 9.66 Å². The number of nitrogens with zero attached hydrogens (tertiary/aromatic N) is 2. The van der Waals surface area contributed by atoms with Crippen LogP contribution in [0.1, 0.15) is 6.42 Å². The summed E-state index contributed by atoms with van der Waals surface area (Å²) < 4.78 is 4.96. The van der Waals surface area contributed by atoms with Crippen LogP contribution >= 0.6 is 11.6 Å². The monoisotopic (exact) mass is 258 g/mol. The van der Waals surface area contributed by atoms with E-state index in [1.54, 1.807) is 13.2 Å². The Labute approximate surface area is 105 Å². The minimum absolute atomic E-state index is 0.00374. The first kappa shape index (κ1) is 13.7. The number of nitro benzene ring substituents is 1. The molecule has 0 radical (unpaired) electrons. The fraction of sp³-hybridized carbons (Fsp3) is 0.455. The van der Waals surface area contributed by atoms with E-state index in [2.05, 4.69) is 0 Å². The van der Waals surface area contributed by atoms with Crippen molar-refractivity contribution in [1.29, 1.82) is 0 Å². The van der Waals surface area contributed by atoms with Crippen LogP contribution in [0.2, 0.25) is 5.02 Å². The van der Waals surface area contributed by atoms with Gasteiger partial charge in [-0.05, 0) is 12.5 Å². The van der Waals surface area contributed by atoms with Crippen molar-refractivity contribution in [2.75, 3.05) is 32.2 Å². The van der Waals surface area contributed by atoms with E-state index >= 15 is 0 Å². The van der Waals surface area contributed by atoms with E-state index in [0.717, 1.165) is 18.7 Å². The zero-order valence-corrected chi connectivity index (χ0v) is 10.6. The summed E-state index contributed by atoms with van der Waals surface area (Å²) in [5.41, 5.74) is 0.789. The Hall–Kier alpha value is -1.33. The lowest BCUT2D eigenvalue weighted by Gasteiger charge is -2.20. The zero-order valence-electron chi connectivity index (χ0n) is 9.85. The Morgan fingerprint density at radius 2 is 2.24 bits per heavy atom. The van der Waals surface area contributed by atoms with E-state index in [0.29, 0.717) is 11.6 Å². The maximum atomic E-state index is 10.6. The molecule has 17 heavy (non-hydrogen) atoms. The Balaban J connectivity index is 2.74. The summed E-state index contributed by atoms with van der Waals surface area (Å²) in [4.78, 5) is 12.1. The van der Waals surface area contributed by atoms with Crippen molar-refractivity contribution in [3.63, 3.8) is 0 Å². The first-order valence-corrected chi connectivity index (χ1v) is 5.58. The molecular formula is C11H15ClN2O3. The largest absolute Gasteiger partial charge is 0.385 e. The van der Waals surface area contributed by atoms with Gasteiger partial charge in [0.15, 0.2) is 0 Å². The van der Waals surface area contributed by atoms with E-state index in [-0.39, 0.29) is 5.69 Å². The Kier molecular flexibility index (Phi) is 5.18. The maximum Gasteiger partial charge on any atom is 0.271 e. The van der Waals surface area contributed by atoms with E-state index < -0.39 is 4.92 Å². The van der Waals surface area contributed by atoms with Crippen LogP contribution in [-0.2, 0) is 4.74 Å². The molecule has 0 bridgehead atoms. The third-order valence-electron chi connectivity index (χ3n) is 2.40. The summed E-state index contributed by atoms with van der Waals surface area (Å²) in [6.45, 7) is 1.46. The molecule has 94 valence electrons. The number of halogens is 1. The normalized spacial score (nSPS) is 10.3. The lowest BCUT2D eigenvalue weighted by molar-refractivity contribution is -0.384. The lowest BCUT2D eigenvalue weighted by Crippen LogP contribution is -2.20. The summed E-state index contributed by atoms with van der Waals surface area (Å²) >= 11 is 6.00. The SMILES string of the molecule is COCCCN(C)c1ccc([N+](=O)[O-])cc1Cl. The van der Waals surface area contributed by atoms with E-state index in [4.69, 9.17) is 16.3 Å². The van der Waals surface area contributed by atoms with Gasteiger partial charge in [-0.15, -0.1) is 0 Å². The van der Waals surface area contributed by atoms with Gasteiger partial charge >= 0.3 is 0 Å². The summed E-state index contributed by atoms with van der Waals surface area (Å²) in [5, 5.41) is 11.0. The molecule has 0 heterocycles. The molecule has 0 fully saturated rings. The molecule has 5 nitrogen and oxygen atoms in total. The predicted octanol–water partition coefficient (Wildman–Crippen LogP) is 2.72. The number of hydrogen-bond donors (Lipinski definition) is 0. The van der Waals surface area contributed by atoms with Gasteiger partial charge in [-0.1, -0.05) is 11.6 Å². The molecule has 0 amide bonds. The van der Waals surface area contributed by atoms with Gasteiger partial charge in [0.25, 0.3) is 5.69 Å². The molecule has 0 aliphatic carbocycles. The van der Waals surface area contributed by atoms with Gasteiger partial charge in [-0.3, -0.25) is 10.1 Å². The number of benzene rings is 1. The molecule has 1 rings (SSSR count). The lowest BCUT2D eigenvalue weighted by atomic mass is 10.2. The van der Waals surface area contributed by atoms with Gasteiger partial charge in [0.1, 0.15) is 0 Å². The number of non-ortho nitro benzene ring substituents is 1.